The van der Waals surface area contributed by atoms with Gasteiger partial charge in [0.1, 0.15) is 0 Å². The van der Waals surface area contributed by atoms with Crippen LogP contribution in [-0.4, -0.2) is 18.3 Å². The fourth-order valence-electron chi connectivity index (χ4n) is 15.2. The Morgan fingerprint density at radius 3 is 0.913 bits per heavy atom. The fraction of sp³-hybridized carbons (Fsp3) is 0. The summed E-state index contributed by atoms with van der Waals surface area (Å²) in [6.07, 6.45) is 0. The van der Waals surface area contributed by atoms with E-state index in [1.807, 2.05) is 0 Å². The highest BCUT2D eigenvalue weighted by molar-refractivity contribution is 6.27. The van der Waals surface area contributed by atoms with Crippen molar-refractivity contribution in [3.8, 4) is 45.0 Å². The van der Waals surface area contributed by atoms with Crippen LogP contribution in [0.15, 0.2) is 340 Å². The largest absolute Gasteiger partial charge is 0.309 e. The number of fused-ring (bicyclic) bond motifs is 18. The zero-order valence-corrected chi connectivity index (χ0v) is 50.1. The van der Waals surface area contributed by atoms with Gasteiger partial charge >= 0.3 is 0 Å². The van der Waals surface area contributed by atoms with E-state index < -0.39 is 0 Å². The van der Waals surface area contributed by atoms with Crippen molar-refractivity contribution in [1.29, 1.82) is 0 Å². The van der Waals surface area contributed by atoms with E-state index in [9.17, 15) is 0 Å². The number of benzene rings is 16. The third-order valence-electron chi connectivity index (χ3n) is 19.3. The van der Waals surface area contributed by atoms with Crippen molar-refractivity contribution in [2.45, 2.75) is 0 Å². The topological polar surface area (TPSA) is 19.7 Å². The van der Waals surface area contributed by atoms with E-state index in [1.165, 1.54) is 164 Å². The lowest BCUT2D eigenvalue weighted by atomic mass is 10.0. The number of hydrogen-bond donors (Lipinski definition) is 0. The minimum Gasteiger partial charge on any atom is -0.309 e. The molecule has 4 aromatic heterocycles. The van der Waals surface area contributed by atoms with Gasteiger partial charge in [0.2, 0.25) is 0 Å². The molecular formula is C88H56N4. The Bertz CT molecular complexity index is 6370. The first kappa shape index (κ1) is 51.8. The highest BCUT2D eigenvalue weighted by Gasteiger charge is 2.23. The second kappa shape index (κ2) is 20.7. The van der Waals surface area contributed by atoms with Crippen LogP contribution >= 0.6 is 0 Å². The predicted molar refractivity (Wildman–Crippen MR) is 391 cm³/mol. The minimum absolute atomic E-state index is 1.16. The monoisotopic (exact) mass is 1170 g/mol. The van der Waals surface area contributed by atoms with E-state index in [4.69, 9.17) is 0 Å². The third kappa shape index (κ3) is 8.10. The molecule has 428 valence electrons. The van der Waals surface area contributed by atoms with Crippen LogP contribution in [0.4, 0.5) is 0 Å². The molecule has 0 aliphatic rings. The summed E-state index contributed by atoms with van der Waals surface area (Å²) in [6, 6.07) is 124. The van der Waals surface area contributed by atoms with Gasteiger partial charge in [-0.25, -0.2) is 0 Å². The van der Waals surface area contributed by atoms with Crippen molar-refractivity contribution in [2.75, 3.05) is 0 Å². The van der Waals surface area contributed by atoms with Crippen LogP contribution < -0.4 is 0 Å². The van der Waals surface area contributed by atoms with Crippen molar-refractivity contribution in [3.05, 3.63) is 340 Å². The predicted octanol–water partition coefficient (Wildman–Crippen LogP) is 23.7. The molecule has 16 aromatic carbocycles. The van der Waals surface area contributed by atoms with Crippen molar-refractivity contribution >= 4 is 130 Å². The van der Waals surface area contributed by atoms with Crippen LogP contribution in [0.25, 0.3) is 175 Å². The fourth-order valence-corrected chi connectivity index (χ4v) is 15.2. The van der Waals surface area contributed by atoms with Crippen molar-refractivity contribution in [2.24, 2.45) is 0 Å². The molecular weight excluding hydrogens is 1110 g/mol. The van der Waals surface area contributed by atoms with Gasteiger partial charge in [-0.3, -0.25) is 0 Å². The first-order chi connectivity index (χ1) is 45.6. The van der Waals surface area contributed by atoms with Gasteiger partial charge in [-0.05, 0) is 162 Å². The molecule has 0 bridgehead atoms. The third-order valence-corrected chi connectivity index (χ3v) is 19.3. The summed E-state index contributed by atoms with van der Waals surface area (Å²) in [4.78, 5) is 0. The molecule has 0 spiro atoms. The maximum absolute atomic E-state index is 2.46. The summed E-state index contributed by atoms with van der Waals surface area (Å²) in [5, 5.41) is 20.2. The molecule has 20 rings (SSSR count). The van der Waals surface area contributed by atoms with Gasteiger partial charge < -0.3 is 18.3 Å². The molecule has 0 saturated heterocycles. The van der Waals surface area contributed by atoms with Gasteiger partial charge in [-0.2, -0.15) is 0 Å². The van der Waals surface area contributed by atoms with Crippen LogP contribution in [0.2, 0.25) is 0 Å². The lowest BCUT2D eigenvalue weighted by molar-refractivity contribution is 1.17. The Balaban J connectivity index is 0.000000132. The van der Waals surface area contributed by atoms with E-state index in [1.54, 1.807) is 0 Å². The molecule has 4 heteroatoms. The Morgan fingerprint density at radius 2 is 0.467 bits per heavy atom. The summed E-state index contributed by atoms with van der Waals surface area (Å²) in [7, 11) is 0. The highest BCUT2D eigenvalue weighted by atomic mass is 15.0. The summed E-state index contributed by atoms with van der Waals surface area (Å²) in [6.45, 7) is 0. The molecule has 0 saturated carbocycles. The van der Waals surface area contributed by atoms with Crippen molar-refractivity contribution in [3.63, 3.8) is 0 Å². The van der Waals surface area contributed by atoms with Gasteiger partial charge in [0.15, 0.2) is 0 Å². The number of para-hydroxylation sites is 2. The maximum atomic E-state index is 2.46. The quantitative estimate of drug-likeness (QED) is 0.158. The second-order valence-corrected chi connectivity index (χ2v) is 24.4. The Labute approximate surface area is 530 Å². The zero-order valence-electron chi connectivity index (χ0n) is 50.1. The molecule has 0 aliphatic heterocycles. The smallest absolute Gasteiger partial charge is 0.0562 e. The van der Waals surface area contributed by atoms with Gasteiger partial charge in [0.05, 0.1) is 44.1 Å². The summed E-state index contributed by atoms with van der Waals surface area (Å²) in [5.41, 5.74) is 19.2. The molecule has 0 amide bonds. The molecule has 0 fully saturated rings. The Morgan fingerprint density at radius 1 is 0.141 bits per heavy atom. The van der Waals surface area contributed by atoms with E-state index >= 15 is 0 Å². The average molecular weight is 1170 g/mol. The standard InChI is InChI=1S/2C44H28N2/c1-2-11-29(12-3-1)33-16-10-17-34(25-33)46-41-24-22-31-14-6-7-18-36(31)44(41)39-27-38-37-19-8-9-20-40(37)45(42(38)28-43(39)46)35-23-21-30-13-4-5-15-32(30)26-35;1-2-11-29(12-3-1)33-16-10-17-34(25-33)45-40-20-9-8-19-37(40)38-27-39-43(28-42(38)45)46(35-23-21-30-13-4-5-15-32(30)26-35)41-24-22-31-14-6-7-18-36(31)44(39)41/h2*1-28H. The van der Waals surface area contributed by atoms with Gasteiger partial charge in [-0.15, -0.1) is 0 Å². The Kier molecular flexibility index (Phi) is 11.6. The number of nitrogens with zero attached hydrogens (tertiary/aromatic N) is 4. The molecule has 0 unspecified atom stereocenters. The molecule has 20 aromatic rings. The van der Waals surface area contributed by atoms with E-state index in [-0.39, 0.29) is 0 Å². The van der Waals surface area contributed by atoms with Gasteiger partial charge in [0.25, 0.3) is 0 Å². The highest BCUT2D eigenvalue weighted by Crippen LogP contribution is 2.45. The SMILES string of the molecule is c1ccc(-c2cccc(-n3c4cc5c(cc4c4c6ccccc6ccc43)c3ccccc3n5-c3ccc4ccccc4c3)c2)cc1.c1ccc(-c2cccc(-n3c4ccccc4c4cc5c6c7ccccc7ccc6n(-c6ccc7ccccc7c6)c5cc43)c2)cc1. The Hall–Kier alpha value is -12.2. The van der Waals surface area contributed by atoms with E-state index in [2.05, 4.69) is 358 Å². The average Bonchev–Trinajstić information content (AvgIpc) is 1.56. The number of aromatic nitrogens is 4. The summed E-state index contributed by atoms with van der Waals surface area (Å²) >= 11 is 0. The number of rotatable bonds is 6. The minimum atomic E-state index is 1.16. The van der Waals surface area contributed by atoms with Crippen LogP contribution in [0.1, 0.15) is 0 Å². The van der Waals surface area contributed by atoms with E-state index in [0.717, 1.165) is 11.4 Å². The summed E-state index contributed by atoms with van der Waals surface area (Å²) in [5.74, 6) is 0. The molecule has 0 atom stereocenters. The van der Waals surface area contributed by atoms with Crippen LogP contribution in [0.5, 0.6) is 0 Å². The molecule has 0 radical (unpaired) electrons. The molecule has 92 heavy (non-hydrogen) atoms. The van der Waals surface area contributed by atoms with Crippen molar-refractivity contribution < 1.29 is 0 Å². The summed E-state index contributed by atoms with van der Waals surface area (Å²) < 4.78 is 9.81. The van der Waals surface area contributed by atoms with Gasteiger partial charge in [-0.1, -0.05) is 243 Å². The first-order valence-electron chi connectivity index (χ1n) is 31.7. The van der Waals surface area contributed by atoms with Gasteiger partial charge in [0, 0.05) is 65.8 Å². The second-order valence-electron chi connectivity index (χ2n) is 24.4. The molecule has 0 N–H and O–H groups in total. The van der Waals surface area contributed by atoms with Crippen molar-refractivity contribution in [1.82, 2.24) is 18.3 Å². The van der Waals surface area contributed by atoms with E-state index in [0.29, 0.717) is 0 Å². The normalized spacial score (nSPS) is 11.9. The lowest BCUT2D eigenvalue weighted by Crippen LogP contribution is -1.96. The van der Waals surface area contributed by atoms with Crippen LogP contribution in [-0.2, 0) is 0 Å². The zero-order chi connectivity index (χ0) is 60.4. The maximum Gasteiger partial charge on any atom is 0.0562 e. The molecule has 0 aliphatic carbocycles. The first-order valence-corrected chi connectivity index (χ1v) is 31.7. The van der Waals surface area contributed by atoms with Crippen LogP contribution in [0, 0.1) is 0 Å². The van der Waals surface area contributed by atoms with Crippen LogP contribution in [0.3, 0.4) is 0 Å². The number of hydrogen-bond acceptors (Lipinski definition) is 0. The molecule has 4 nitrogen and oxygen atoms in total. The molecule has 4 heterocycles. The lowest BCUT2D eigenvalue weighted by Gasteiger charge is -2.12.